The summed E-state index contributed by atoms with van der Waals surface area (Å²) in [6.07, 6.45) is 1.67. The third kappa shape index (κ3) is 2.17. The first-order valence-electron chi connectivity index (χ1n) is 6.51. The first-order valence-corrected chi connectivity index (χ1v) is 9.35. The average molecular weight is 387 g/mol. The molecule has 20 heavy (non-hydrogen) atoms. The van der Waals surface area contributed by atoms with E-state index >= 15 is 0 Å². The van der Waals surface area contributed by atoms with Gasteiger partial charge in [0.2, 0.25) is 0 Å². The van der Waals surface area contributed by atoms with Crippen LogP contribution < -0.4 is 5.56 Å². The van der Waals surface area contributed by atoms with Gasteiger partial charge in [-0.1, -0.05) is 0 Å². The number of rotatable bonds is 1. The van der Waals surface area contributed by atoms with E-state index in [2.05, 4.69) is 32.7 Å². The maximum atomic E-state index is 11.7. The van der Waals surface area contributed by atoms with Gasteiger partial charge in [-0.3, -0.25) is 0 Å². The molecule has 1 saturated heterocycles. The zero-order valence-corrected chi connectivity index (χ0v) is 14.1. The second kappa shape index (κ2) is 4.54. The molecule has 0 atom stereocenters. The molecule has 1 aromatic carbocycles. The van der Waals surface area contributed by atoms with Gasteiger partial charge in [-0.2, -0.15) is 0 Å². The van der Waals surface area contributed by atoms with Gasteiger partial charge in [0.1, 0.15) is 0 Å². The molecule has 3 rings (SSSR count). The van der Waals surface area contributed by atoms with E-state index in [1.165, 1.54) is 0 Å². The van der Waals surface area contributed by atoms with Gasteiger partial charge in [0.25, 0.3) is 0 Å². The van der Waals surface area contributed by atoms with Crippen LogP contribution in [0.15, 0.2) is 35.3 Å². The molecular formula is C15H18INO3. The van der Waals surface area contributed by atoms with E-state index in [1.807, 2.05) is 24.3 Å². The number of pyridine rings is 1. The number of hydrogen-bond donors (Lipinski definition) is 1. The number of halogens is 1. The van der Waals surface area contributed by atoms with Crippen molar-refractivity contribution in [2.45, 2.75) is 38.9 Å². The van der Waals surface area contributed by atoms with Crippen LogP contribution in [0.4, 0.5) is 0 Å². The normalized spacial score (nSPS) is 22.3. The number of fused-ring (bicyclic) bond motifs is 1. The Morgan fingerprint density at radius 3 is 2.35 bits per heavy atom. The molecule has 0 spiro atoms. The van der Waals surface area contributed by atoms with Gasteiger partial charge in [-0.25, -0.2) is 0 Å². The van der Waals surface area contributed by atoms with E-state index in [0.29, 0.717) is 5.39 Å². The topological polar surface area (TPSA) is 51.3 Å². The molecule has 2 heterocycles. The Kier molecular flexibility index (Phi) is 3.19. The average Bonchev–Trinajstić information content (AvgIpc) is 2.58. The van der Waals surface area contributed by atoms with Gasteiger partial charge in [0.15, 0.2) is 0 Å². The number of benzene rings is 1. The van der Waals surface area contributed by atoms with Crippen molar-refractivity contribution >= 4 is 31.4 Å². The fourth-order valence-corrected chi connectivity index (χ4v) is 6.62. The monoisotopic (exact) mass is 387 g/mol. The predicted octanol–water partition coefficient (Wildman–Crippen LogP) is 3.64. The van der Waals surface area contributed by atoms with Gasteiger partial charge in [0.05, 0.1) is 0 Å². The Morgan fingerprint density at radius 1 is 1.05 bits per heavy atom. The molecule has 1 aromatic heterocycles. The van der Waals surface area contributed by atoms with Crippen LogP contribution >= 0.6 is 20.6 Å². The van der Waals surface area contributed by atoms with Crippen LogP contribution in [-0.4, -0.2) is 16.2 Å². The quantitative estimate of drug-likeness (QED) is 0.761. The molecule has 2 aromatic rings. The van der Waals surface area contributed by atoms with E-state index in [0.717, 1.165) is 8.96 Å². The van der Waals surface area contributed by atoms with Crippen LogP contribution in [0.3, 0.4) is 0 Å². The van der Waals surface area contributed by atoms with Crippen molar-refractivity contribution in [2.75, 3.05) is 0 Å². The number of hydrogen-bond acceptors (Lipinski definition) is 3. The van der Waals surface area contributed by atoms with Crippen molar-refractivity contribution < 1.29 is 6.13 Å². The summed E-state index contributed by atoms with van der Waals surface area (Å²) in [7, 11) is 0. The van der Waals surface area contributed by atoms with Crippen LogP contribution in [0, 0.1) is 3.57 Å². The summed E-state index contributed by atoms with van der Waals surface area (Å²) >= 11 is -2.12. The minimum atomic E-state index is -2.12. The van der Waals surface area contributed by atoms with Crippen molar-refractivity contribution in [3.8, 4) is 0 Å². The predicted molar refractivity (Wildman–Crippen MR) is 87.6 cm³/mol. The fourth-order valence-electron chi connectivity index (χ4n) is 1.90. The van der Waals surface area contributed by atoms with Gasteiger partial charge >= 0.3 is 126 Å². The van der Waals surface area contributed by atoms with Crippen LogP contribution in [0.2, 0.25) is 0 Å². The third-order valence-electron chi connectivity index (χ3n) is 3.89. The molecule has 0 radical (unpaired) electrons. The standard InChI is InChI=1S/C15H18INO3/c1-14(2)15(3,4)20-16(19-14)11-5-6-12-10(9-11)7-8-17-13(12)18/h5-9H,1-4H3,(H,17,18). The maximum absolute atomic E-state index is 11.7. The molecule has 0 bridgehead atoms. The third-order valence-corrected chi connectivity index (χ3v) is 8.58. The van der Waals surface area contributed by atoms with E-state index in [-0.39, 0.29) is 16.8 Å². The van der Waals surface area contributed by atoms with Gasteiger partial charge < -0.3 is 0 Å². The summed E-state index contributed by atoms with van der Waals surface area (Å²) in [6, 6.07) is 7.74. The van der Waals surface area contributed by atoms with E-state index in [9.17, 15) is 4.79 Å². The van der Waals surface area contributed by atoms with Crippen molar-refractivity contribution in [1.82, 2.24) is 4.98 Å². The number of nitrogens with one attached hydrogen (secondary N) is 1. The van der Waals surface area contributed by atoms with Gasteiger partial charge in [0, 0.05) is 0 Å². The molecule has 1 aliphatic rings. The zero-order chi connectivity index (χ0) is 14.5. The van der Waals surface area contributed by atoms with Crippen molar-refractivity contribution in [1.29, 1.82) is 0 Å². The Balaban J connectivity index is 2.03. The Morgan fingerprint density at radius 2 is 1.70 bits per heavy atom. The second-order valence-electron chi connectivity index (χ2n) is 5.93. The number of H-pyrrole nitrogens is 1. The van der Waals surface area contributed by atoms with Crippen LogP contribution in [-0.2, 0) is 6.13 Å². The zero-order valence-electron chi connectivity index (χ0n) is 12.0. The van der Waals surface area contributed by atoms with Crippen molar-refractivity contribution in [3.63, 3.8) is 0 Å². The Hall–Kier alpha value is -0.920. The molecular weight excluding hydrogens is 369 g/mol. The summed E-state index contributed by atoms with van der Waals surface area (Å²) in [5, 5.41) is 1.63. The molecule has 0 unspecified atom stereocenters. The van der Waals surface area contributed by atoms with Crippen molar-refractivity contribution in [2.24, 2.45) is 0 Å². The van der Waals surface area contributed by atoms with Crippen LogP contribution in [0.25, 0.3) is 10.8 Å². The molecule has 1 fully saturated rings. The van der Waals surface area contributed by atoms with Gasteiger partial charge in [-0.05, 0) is 0 Å². The van der Waals surface area contributed by atoms with Crippen molar-refractivity contribution in [3.05, 3.63) is 44.4 Å². The first-order chi connectivity index (χ1) is 9.30. The van der Waals surface area contributed by atoms with E-state index in [1.54, 1.807) is 6.20 Å². The fraction of sp³-hybridized carbons (Fsp3) is 0.400. The summed E-state index contributed by atoms with van der Waals surface area (Å²) in [6.45, 7) is 8.26. The molecule has 5 heteroatoms. The molecule has 0 saturated carbocycles. The molecule has 108 valence electrons. The molecule has 0 aliphatic carbocycles. The Bertz CT molecular complexity index is 704. The first kappa shape index (κ1) is 14.0. The Labute approximate surface area is 126 Å². The van der Waals surface area contributed by atoms with E-state index in [4.69, 9.17) is 6.13 Å². The SMILES string of the molecule is CC1(C)OI(c2ccc3c(=O)[nH]ccc3c2)OC1(C)C. The summed E-state index contributed by atoms with van der Waals surface area (Å²) in [4.78, 5) is 14.4. The summed E-state index contributed by atoms with van der Waals surface area (Å²) in [5.41, 5.74) is -0.645. The summed E-state index contributed by atoms with van der Waals surface area (Å²) < 4.78 is 13.4. The van der Waals surface area contributed by atoms with Crippen LogP contribution in [0.1, 0.15) is 27.7 Å². The molecule has 0 amide bonds. The number of aromatic amines is 1. The number of aromatic nitrogens is 1. The molecule has 4 nitrogen and oxygen atoms in total. The van der Waals surface area contributed by atoms with E-state index < -0.39 is 20.6 Å². The van der Waals surface area contributed by atoms with Crippen LogP contribution in [0.5, 0.6) is 0 Å². The van der Waals surface area contributed by atoms with Gasteiger partial charge in [-0.15, -0.1) is 0 Å². The summed E-state index contributed by atoms with van der Waals surface area (Å²) in [5.74, 6) is 0. The molecule has 1 aliphatic heterocycles. The molecule has 1 N–H and O–H groups in total. The second-order valence-corrected chi connectivity index (χ2v) is 9.30. The minimum absolute atomic E-state index is 0.0632.